The largest absolute Gasteiger partial charge is 0.506 e. The highest BCUT2D eigenvalue weighted by Gasteiger charge is 2.27. The number of carbonyl (C=O) groups is 1. The highest BCUT2D eigenvalue weighted by molar-refractivity contribution is 6.11. The van der Waals surface area contributed by atoms with Gasteiger partial charge in [-0.05, 0) is 30.7 Å². The molecule has 1 heterocycles. The Hall–Kier alpha value is -3.28. The van der Waals surface area contributed by atoms with E-state index >= 15 is 0 Å². The quantitative estimate of drug-likeness (QED) is 0.752. The minimum absolute atomic E-state index is 0.258. The molecular formula is C21H22N2O4. The molecule has 0 saturated carbocycles. The lowest BCUT2D eigenvalue weighted by molar-refractivity contribution is 0.0982. The molecule has 0 bridgehead atoms. The van der Waals surface area contributed by atoms with Gasteiger partial charge in [0.1, 0.15) is 17.1 Å². The second-order valence-corrected chi connectivity index (χ2v) is 6.23. The zero-order valence-corrected chi connectivity index (χ0v) is 15.6. The van der Waals surface area contributed by atoms with E-state index in [1.807, 2.05) is 25.1 Å². The summed E-state index contributed by atoms with van der Waals surface area (Å²) in [6.45, 7) is 2.38. The van der Waals surface area contributed by atoms with E-state index < -0.39 is 11.5 Å². The molecule has 1 amide bonds. The predicted molar refractivity (Wildman–Crippen MR) is 106 cm³/mol. The van der Waals surface area contributed by atoms with E-state index in [4.69, 9.17) is 4.74 Å². The lowest BCUT2D eigenvalue weighted by Crippen LogP contribution is -2.37. The van der Waals surface area contributed by atoms with Crippen molar-refractivity contribution in [3.8, 4) is 11.5 Å². The van der Waals surface area contributed by atoms with E-state index in [2.05, 4.69) is 0 Å². The molecule has 6 nitrogen and oxygen atoms in total. The van der Waals surface area contributed by atoms with Gasteiger partial charge in [-0.1, -0.05) is 31.2 Å². The third-order valence-corrected chi connectivity index (χ3v) is 4.55. The van der Waals surface area contributed by atoms with Crippen molar-refractivity contribution in [1.29, 1.82) is 0 Å². The summed E-state index contributed by atoms with van der Waals surface area (Å²) in [6.07, 6.45) is 0.707. The van der Waals surface area contributed by atoms with Crippen LogP contribution in [0.2, 0.25) is 0 Å². The molecule has 0 aliphatic rings. The van der Waals surface area contributed by atoms with Crippen LogP contribution < -0.4 is 15.2 Å². The van der Waals surface area contributed by atoms with Crippen molar-refractivity contribution in [2.24, 2.45) is 7.05 Å². The van der Waals surface area contributed by atoms with Crippen molar-refractivity contribution >= 4 is 22.5 Å². The molecule has 0 atom stereocenters. The van der Waals surface area contributed by atoms with Crippen molar-refractivity contribution in [3.05, 3.63) is 64.4 Å². The van der Waals surface area contributed by atoms with Gasteiger partial charge in [-0.15, -0.1) is 0 Å². The second-order valence-electron chi connectivity index (χ2n) is 6.23. The van der Waals surface area contributed by atoms with E-state index in [0.717, 1.165) is 0 Å². The molecule has 140 valence electrons. The summed E-state index contributed by atoms with van der Waals surface area (Å²) in [5.41, 5.74) is 0.364. The fourth-order valence-corrected chi connectivity index (χ4v) is 3.22. The fourth-order valence-electron chi connectivity index (χ4n) is 3.22. The molecule has 6 heteroatoms. The number of rotatable bonds is 5. The normalized spacial score (nSPS) is 10.8. The van der Waals surface area contributed by atoms with Gasteiger partial charge in [0.05, 0.1) is 18.0 Å². The molecule has 0 unspecified atom stereocenters. The van der Waals surface area contributed by atoms with Crippen molar-refractivity contribution in [1.82, 2.24) is 4.57 Å². The predicted octanol–water partition coefficient (Wildman–Crippen LogP) is 3.31. The third kappa shape index (κ3) is 3.14. The SMILES string of the molecule is CCCN(C(=O)c1c(O)c2c(OC)cccc2n(C)c1=O)c1ccccc1. The number of methoxy groups -OCH3 is 1. The summed E-state index contributed by atoms with van der Waals surface area (Å²) < 4.78 is 6.69. The number of hydrogen-bond donors (Lipinski definition) is 1. The first-order valence-corrected chi connectivity index (χ1v) is 8.76. The van der Waals surface area contributed by atoms with Gasteiger partial charge >= 0.3 is 0 Å². The Morgan fingerprint density at radius 3 is 2.48 bits per heavy atom. The molecule has 0 saturated heterocycles. The van der Waals surface area contributed by atoms with Crippen LogP contribution in [-0.2, 0) is 7.05 Å². The summed E-state index contributed by atoms with van der Waals surface area (Å²) in [5.74, 6) is -0.488. The molecule has 2 aromatic carbocycles. The number of para-hydroxylation sites is 1. The van der Waals surface area contributed by atoms with Gasteiger partial charge in [0.15, 0.2) is 0 Å². The average Bonchev–Trinajstić information content (AvgIpc) is 2.70. The number of aryl methyl sites for hydroxylation is 1. The Balaban J connectivity index is 2.26. The lowest BCUT2D eigenvalue weighted by Gasteiger charge is -2.23. The maximum Gasteiger partial charge on any atom is 0.267 e. The van der Waals surface area contributed by atoms with Crippen molar-refractivity contribution in [2.45, 2.75) is 13.3 Å². The van der Waals surface area contributed by atoms with Crippen molar-refractivity contribution in [3.63, 3.8) is 0 Å². The maximum atomic E-state index is 13.3. The molecule has 1 N–H and O–H groups in total. The number of carbonyl (C=O) groups excluding carboxylic acids is 1. The Bertz CT molecular complexity index is 1040. The van der Waals surface area contributed by atoms with Gasteiger partial charge in [-0.25, -0.2) is 0 Å². The van der Waals surface area contributed by atoms with Gasteiger partial charge in [0.25, 0.3) is 11.5 Å². The maximum absolute atomic E-state index is 13.3. The van der Waals surface area contributed by atoms with Crippen LogP contribution in [0.4, 0.5) is 5.69 Å². The Labute approximate surface area is 157 Å². The minimum Gasteiger partial charge on any atom is -0.506 e. The first kappa shape index (κ1) is 18.5. The number of amides is 1. The van der Waals surface area contributed by atoms with Crippen LogP contribution in [0.5, 0.6) is 11.5 Å². The Kier molecular flexibility index (Phi) is 5.16. The Morgan fingerprint density at radius 1 is 1.15 bits per heavy atom. The highest BCUT2D eigenvalue weighted by atomic mass is 16.5. The lowest BCUT2D eigenvalue weighted by atomic mass is 10.1. The first-order chi connectivity index (χ1) is 13.0. The van der Waals surface area contributed by atoms with Crippen LogP contribution in [0, 0.1) is 0 Å². The van der Waals surface area contributed by atoms with Crippen LogP contribution in [0.15, 0.2) is 53.3 Å². The molecule has 3 rings (SSSR count). The molecule has 0 aliphatic carbocycles. The topological polar surface area (TPSA) is 71.8 Å². The number of nitrogens with zero attached hydrogens (tertiary/aromatic N) is 2. The summed E-state index contributed by atoms with van der Waals surface area (Å²) >= 11 is 0. The number of pyridine rings is 1. The molecule has 3 aromatic rings. The highest BCUT2D eigenvalue weighted by Crippen LogP contribution is 2.34. The van der Waals surface area contributed by atoms with Crippen LogP contribution in [0.3, 0.4) is 0 Å². The van der Waals surface area contributed by atoms with Crippen LogP contribution in [-0.4, -0.2) is 29.2 Å². The molecule has 0 radical (unpaired) electrons. The fraction of sp³-hybridized carbons (Fsp3) is 0.238. The van der Waals surface area contributed by atoms with Crippen LogP contribution in [0.1, 0.15) is 23.7 Å². The summed E-state index contributed by atoms with van der Waals surface area (Å²) in [7, 11) is 3.06. The van der Waals surface area contributed by atoms with E-state index in [9.17, 15) is 14.7 Å². The van der Waals surface area contributed by atoms with Gasteiger partial charge in [0, 0.05) is 19.3 Å². The van der Waals surface area contributed by atoms with E-state index in [1.165, 1.54) is 16.6 Å². The number of fused-ring (bicyclic) bond motifs is 1. The van der Waals surface area contributed by atoms with Crippen molar-refractivity contribution < 1.29 is 14.6 Å². The molecule has 0 aliphatic heterocycles. The number of benzene rings is 2. The van der Waals surface area contributed by atoms with Crippen molar-refractivity contribution in [2.75, 3.05) is 18.6 Å². The molecule has 27 heavy (non-hydrogen) atoms. The van der Waals surface area contributed by atoms with E-state index in [0.29, 0.717) is 35.3 Å². The number of aromatic hydroxyl groups is 1. The van der Waals surface area contributed by atoms with Gasteiger partial charge < -0.3 is 19.3 Å². The molecule has 0 fully saturated rings. The van der Waals surface area contributed by atoms with Gasteiger partial charge in [0.2, 0.25) is 0 Å². The summed E-state index contributed by atoms with van der Waals surface area (Å²) in [4.78, 5) is 27.7. The number of anilines is 1. The van der Waals surface area contributed by atoms with Crippen LogP contribution >= 0.6 is 0 Å². The monoisotopic (exact) mass is 366 g/mol. The average molecular weight is 366 g/mol. The third-order valence-electron chi connectivity index (χ3n) is 4.55. The number of aromatic nitrogens is 1. The summed E-state index contributed by atoms with van der Waals surface area (Å²) in [5, 5.41) is 11.2. The zero-order chi connectivity index (χ0) is 19.6. The first-order valence-electron chi connectivity index (χ1n) is 8.76. The van der Waals surface area contributed by atoms with E-state index in [-0.39, 0.29) is 11.3 Å². The minimum atomic E-state index is -0.546. The number of ether oxygens (including phenoxy) is 1. The second kappa shape index (κ2) is 7.53. The number of hydrogen-bond acceptors (Lipinski definition) is 4. The van der Waals surface area contributed by atoms with E-state index in [1.54, 1.807) is 37.4 Å². The molecular weight excluding hydrogens is 344 g/mol. The zero-order valence-electron chi connectivity index (χ0n) is 15.6. The Morgan fingerprint density at radius 2 is 1.85 bits per heavy atom. The molecule has 0 spiro atoms. The van der Waals surface area contributed by atoms with Gasteiger partial charge in [-0.3, -0.25) is 9.59 Å². The van der Waals surface area contributed by atoms with Gasteiger partial charge in [-0.2, -0.15) is 0 Å². The molecule has 1 aromatic heterocycles. The standard InChI is InChI=1S/C21H22N2O4/c1-4-13-23(14-9-6-5-7-10-14)21(26)18-19(24)17-15(22(2)20(18)25)11-8-12-16(17)27-3/h5-12,24H,4,13H2,1-3H3. The summed E-state index contributed by atoms with van der Waals surface area (Å²) in [6, 6.07) is 14.2. The smallest absolute Gasteiger partial charge is 0.267 e. The van der Waals surface area contributed by atoms with Crippen LogP contribution in [0.25, 0.3) is 10.9 Å².